The lowest BCUT2D eigenvalue weighted by Gasteiger charge is -2.18. The van der Waals surface area contributed by atoms with Gasteiger partial charge in [-0.25, -0.2) is 0 Å². The lowest BCUT2D eigenvalue weighted by molar-refractivity contribution is -0.121. The highest BCUT2D eigenvalue weighted by atomic mass is 16.1. The summed E-state index contributed by atoms with van der Waals surface area (Å²) in [4.78, 5) is 12.1. The molecule has 0 saturated carbocycles. The number of carbonyl (C=O) groups is 1. The second kappa shape index (κ2) is 12.3. The Balaban J connectivity index is 1.76. The Kier molecular flexibility index (Phi) is 9.56. The highest BCUT2D eigenvalue weighted by Crippen LogP contribution is 2.27. The number of carbonyl (C=O) groups excluding carboxylic acids is 1. The Bertz CT molecular complexity index is 569. The molecule has 0 atom stereocenters. The SMILES string of the molecule is CCCCCCCCC(=O)NCCC(c1ccccc1)c1ccccc1. The Morgan fingerprint density at radius 1 is 0.808 bits per heavy atom. The van der Waals surface area contributed by atoms with Gasteiger partial charge in [-0.15, -0.1) is 0 Å². The summed E-state index contributed by atoms with van der Waals surface area (Å²) in [5, 5.41) is 3.12. The van der Waals surface area contributed by atoms with Gasteiger partial charge in [0, 0.05) is 18.9 Å². The first-order chi connectivity index (χ1) is 12.8. The van der Waals surface area contributed by atoms with E-state index >= 15 is 0 Å². The quantitative estimate of drug-likeness (QED) is 0.462. The fourth-order valence-electron chi connectivity index (χ4n) is 3.41. The molecular formula is C24H33NO. The molecule has 0 heterocycles. The Morgan fingerprint density at radius 3 is 1.92 bits per heavy atom. The fourth-order valence-corrected chi connectivity index (χ4v) is 3.41. The van der Waals surface area contributed by atoms with Crippen molar-refractivity contribution in [1.29, 1.82) is 0 Å². The molecule has 0 aliphatic carbocycles. The summed E-state index contributed by atoms with van der Waals surface area (Å²) in [7, 11) is 0. The van der Waals surface area contributed by atoms with Crippen LogP contribution in [0.5, 0.6) is 0 Å². The first-order valence-corrected chi connectivity index (χ1v) is 10.2. The van der Waals surface area contributed by atoms with E-state index in [0.29, 0.717) is 12.3 Å². The van der Waals surface area contributed by atoms with Crippen LogP contribution in [0.3, 0.4) is 0 Å². The summed E-state index contributed by atoms with van der Waals surface area (Å²) in [5.41, 5.74) is 2.62. The van der Waals surface area contributed by atoms with E-state index in [9.17, 15) is 4.79 Å². The zero-order valence-corrected chi connectivity index (χ0v) is 16.1. The first kappa shape index (κ1) is 20.2. The van der Waals surface area contributed by atoms with Gasteiger partial charge in [-0.05, 0) is 24.0 Å². The van der Waals surface area contributed by atoms with Crippen molar-refractivity contribution in [2.75, 3.05) is 6.54 Å². The smallest absolute Gasteiger partial charge is 0.219 e. The summed E-state index contributed by atoms with van der Waals surface area (Å²) in [6.45, 7) is 2.95. The number of rotatable bonds is 12. The van der Waals surface area contributed by atoms with Crippen molar-refractivity contribution < 1.29 is 4.79 Å². The van der Waals surface area contributed by atoms with Crippen LogP contribution in [-0.2, 0) is 4.79 Å². The molecule has 1 amide bonds. The monoisotopic (exact) mass is 351 g/mol. The summed E-state index contributed by atoms with van der Waals surface area (Å²) in [5.74, 6) is 0.520. The minimum Gasteiger partial charge on any atom is -0.356 e. The third-order valence-electron chi connectivity index (χ3n) is 4.92. The Hall–Kier alpha value is -2.09. The van der Waals surface area contributed by atoms with Crippen LogP contribution in [0, 0.1) is 0 Å². The number of amides is 1. The van der Waals surface area contributed by atoms with Crippen molar-refractivity contribution in [3.05, 3.63) is 71.8 Å². The molecule has 0 spiro atoms. The van der Waals surface area contributed by atoms with Gasteiger partial charge in [0.15, 0.2) is 0 Å². The zero-order chi connectivity index (χ0) is 18.5. The van der Waals surface area contributed by atoms with Gasteiger partial charge >= 0.3 is 0 Å². The predicted molar refractivity (Wildman–Crippen MR) is 110 cm³/mol. The lowest BCUT2D eigenvalue weighted by Crippen LogP contribution is -2.25. The topological polar surface area (TPSA) is 29.1 Å². The van der Waals surface area contributed by atoms with Crippen LogP contribution >= 0.6 is 0 Å². The van der Waals surface area contributed by atoms with E-state index in [1.807, 2.05) is 12.1 Å². The van der Waals surface area contributed by atoms with E-state index in [0.717, 1.165) is 19.4 Å². The van der Waals surface area contributed by atoms with Gasteiger partial charge in [-0.3, -0.25) is 4.79 Å². The van der Waals surface area contributed by atoms with E-state index in [-0.39, 0.29) is 5.91 Å². The summed E-state index contributed by atoms with van der Waals surface area (Å²) < 4.78 is 0. The standard InChI is InChI=1S/C24H33NO/c1-2-3-4-5-6-13-18-24(26)25-20-19-23(21-14-9-7-10-15-21)22-16-11-8-12-17-22/h7-12,14-17,23H,2-6,13,18-20H2,1H3,(H,25,26). The van der Waals surface area contributed by atoms with Crippen LogP contribution < -0.4 is 5.32 Å². The zero-order valence-electron chi connectivity index (χ0n) is 16.1. The van der Waals surface area contributed by atoms with Crippen molar-refractivity contribution >= 4 is 5.91 Å². The summed E-state index contributed by atoms with van der Waals surface area (Å²) in [6, 6.07) is 21.1. The lowest BCUT2D eigenvalue weighted by atomic mass is 9.88. The van der Waals surface area contributed by atoms with Gasteiger partial charge in [-0.1, -0.05) is 99.7 Å². The second-order valence-electron chi connectivity index (χ2n) is 7.03. The van der Waals surface area contributed by atoms with E-state index in [1.165, 1.54) is 43.2 Å². The number of hydrogen-bond donors (Lipinski definition) is 1. The van der Waals surface area contributed by atoms with Crippen molar-refractivity contribution in [3.8, 4) is 0 Å². The van der Waals surface area contributed by atoms with Gasteiger partial charge in [-0.2, -0.15) is 0 Å². The van der Waals surface area contributed by atoms with Gasteiger partial charge in [0.1, 0.15) is 0 Å². The summed E-state index contributed by atoms with van der Waals surface area (Å²) in [6.07, 6.45) is 8.90. The predicted octanol–water partition coefficient (Wildman–Crippen LogP) is 6.08. The molecule has 0 radical (unpaired) electrons. The van der Waals surface area contributed by atoms with E-state index < -0.39 is 0 Å². The van der Waals surface area contributed by atoms with Crippen molar-refractivity contribution in [1.82, 2.24) is 5.32 Å². The fraction of sp³-hybridized carbons (Fsp3) is 0.458. The van der Waals surface area contributed by atoms with Gasteiger partial charge in [0.2, 0.25) is 5.91 Å². The number of nitrogens with one attached hydrogen (secondary N) is 1. The Morgan fingerprint density at radius 2 is 1.35 bits per heavy atom. The van der Waals surface area contributed by atoms with E-state index in [1.54, 1.807) is 0 Å². The van der Waals surface area contributed by atoms with Gasteiger partial charge < -0.3 is 5.32 Å². The maximum Gasteiger partial charge on any atom is 0.219 e. The molecule has 140 valence electrons. The van der Waals surface area contributed by atoms with Crippen LogP contribution in [0.1, 0.15) is 75.3 Å². The van der Waals surface area contributed by atoms with Gasteiger partial charge in [0.25, 0.3) is 0 Å². The number of benzene rings is 2. The van der Waals surface area contributed by atoms with E-state index in [2.05, 4.69) is 60.8 Å². The molecule has 0 aliphatic heterocycles. The third kappa shape index (κ3) is 7.43. The molecular weight excluding hydrogens is 318 g/mol. The van der Waals surface area contributed by atoms with Crippen molar-refractivity contribution in [2.45, 2.75) is 64.2 Å². The minimum atomic E-state index is 0.195. The minimum absolute atomic E-state index is 0.195. The molecule has 2 nitrogen and oxygen atoms in total. The van der Waals surface area contributed by atoms with Crippen molar-refractivity contribution in [3.63, 3.8) is 0 Å². The second-order valence-corrected chi connectivity index (χ2v) is 7.03. The molecule has 0 fully saturated rings. The average molecular weight is 352 g/mol. The number of hydrogen-bond acceptors (Lipinski definition) is 1. The molecule has 0 aromatic heterocycles. The molecule has 0 saturated heterocycles. The van der Waals surface area contributed by atoms with Gasteiger partial charge in [0.05, 0.1) is 0 Å². The first-order valence-electron chi connectivity index (χ1n) is 10.2. The highest BCUT2D eigenvalue weighted by Gasteiger charge is 2.14. The molecule has 0 unspecified atom stereocenters. The highest BCUT2D eigenvalue weighted by molar-refractivity contribution is 5.75. The molecule has 2 rings (SSSR count). The normalized spacial score (nSPS) is 10.8. The number of unbranched alkanes of at least 4 members (excludes halogenated alkanes) is 5. The molecule has 0 aliphatic rings. The molecule has 1 N–H and O–H groups in total. The third-order valence-corrected chi connectivity index (χ3v) is 4.92. The van der Waals surface area contributed by atoms with E-state index in [4.69, 9.17) is 0 Å². The molecule has 26 heavy (non-hydrogen) atoms. The molecule has 2 heteroatoms. The maximum atomic E-state index is 12.1. The van der Waals surface area contributed by atoms with Crippen LogP contribution in [-0.4, -0.2) is 12.5 Å². The van der Waals surface area contributed by atoms with Crippen LogP contribution in [0.15, 0.2) is 60.7 Å². The van der Waals surface area contributed by atoms with Crippen molar-refractivity contribution in [2.24, 2.45) is 0 Å². The van der Waals surface area contributed by atoms with Crippen LogP contribution in [0.2, 0.25) is 0 Å². The molecule has 2 aromatic carbocycles. The largest absolute Gasteiger partial charge is 0.356 e. The maximum absolute atomic E-state index is 12.1. The molecule has 0 bridgehead atoms. The summed E-state index contributed by atoms with van der Waals surface area (Å²) >= 11 is 0. The molecule has 2 aromatic rings. The Labute approximate surface area is 159 Å². The van der Waals surface area contributed by atoms with Crippen LogP contribution in [0.25, 0.3) is 0 Å². The van der Waals surface area contributed by atoms with Crippen LogP contribution in [0.4, 0.5) is 0 Å². The average Bonchev–Trinajstić information content (AvgIpc) is 2.69.